The fourth-order valence-corrected chi connectivity index (χ4v) is 12.5. The number of hydrogen-bond acceptors (Lipinski definition) is 8. The van der Waals surface area contributed by atoms with E-state index in [1.165, 1.54) is 214 Å². The van der Waals surface area contributed by atoms with E-state index in [0.29, 0.717) is 36.8 Å². The van der Waals surface area contributed by atoms with E-state index < -0.39 is 34.9 Å². The zero-order chi connectivity index (χ0) is 68.4. The van der Waals surface area contributed by atoms with Gasteiger partial charge in [0.05, 0.1) is 33.9 Å². The summed E-state index contributed by atoms with van der Waals surface area (Å²) in [6, 6.07) is 17.3. The number of phenols is 2. The van der Waals surface area contributed by atoms with Gasteiger partial charge in [-0.3, -0.25) is 9.98 Å². The smallest absolute Gasteiger partial charge is 0.869 e. The van der Waals surface area contributed by atoms with Crippen LogP contribution in [0.3, 0.4) is 0 Å². The van der Waals surface area contributed by atoms with Gasteiger partial charge in [0.2, 0.25) is 0 Å². The predicted molar refractivity (Wildman–Crippen MR) is 393 cm³/mol. The molecule has 0 radical (unpaired) electrons. The van der Waals surface area contributed by atoms with Crippen LogP contribution in [0.5, 0.6) is 23.0 Å². The summed E-state index contributed by atoms with van der Waals surface area (Å²) in [5.74, 6) is -4.90. The van der Waals surface area contributed by atoms with Gasteiger partial charge in [0, 0.05) is 0 Å². The van der Waals surface area contributed by atoms with Crippen LogP contribution in [0.15, 0.2) is 58.5 Å². The van der Waals surface area contributed by atoms with Crippen molar-refractivity contribution in [1.82, 2.24) is 0 Å². The molecular weight excluding hydrogens is 1260 g/mol. The second-order valence-corrected chi connectivity index (χ2v) is 26.4. The maximum absolute atomic E-state index is 11.9. The second kappa shape index (κ2) is 55.1. The summed E-state index contributed by atoms with van der Waals surface area (Å²) in [5, 5.41) is 61.5. The first-order chi connectivity index (χ1) is 45.1. The normalized spacial score (nSPS) is 11.5. The number of nitrogens with zero attached hydrogens (tertiary/aromatic N) is 2. The Hall–Kier alpha value is -4.98. The minimum atomic E-state index is -1.24. The van der Waals surface area contributed by atoms with Crippen LogP contribution in [0, 0.1) is 0 Å². The summed E-state index contributed by atoms with van der Waals surface area (Å²) >= 11 is 0. The van der Waals surface area contributed by atoms with Gasteiger partial charge >= 0.3 is 32.4 Å². The van der Waals surface area contributed by atoms with Gasteiger partial charge in [-0.15, -0.1) is 0 Å². The molecule has 11 heteroatoms. The molecule has 0 aliphatic carbocycles. The van der Waals surface area contributed by atoms with Crippen LogP contribution in [0.4, 0.5) is 11.4 Å². The van der Waals surface area contributed by atoms with Crippen molar-refractivity contribution in [2.24, 2.45) is 9.98 Å². The summed E-state index contributed by atoms with van der Waals surface area (Å²) in [6.45, 7) is 22.1. The van der Waals surface area contributed by atoms with Gasteiger partial charge in [0.15, 0.2) is 0 Å². The van der Waals surface area contributed by atoms with Crippen molar-refractivity contribution in [2.45, 2.75) is 358 Å². The molecule has 0 aliphatic rings. The molecule has 4 aromatic rings. The zero-order valence-electron chi connectivity index (χ0n) is 61.1. The molecule has 94 heavy (non-hydrogen) atoms. The number of carbonyl (C=O) groups is 2. The SMILES string of the molecule is CCCCCCCCCCCCCC(=Nc1ccc(CCCCC)c(CCCCC)c1)C(CCCC)=Nc1ccc(CCCCC)c(CCCCC)c1.CCCCCc1c(CCCC)cc(O)c([O-])c1C(=O)O.CCCCCc1c(CCCC)cc(O)c([O-])c1C(=O)O.[Pd+2]. The van der Waals surface area contributed by atoms with E-state index >= 15 is 0 Å². The number of phenolic OH excluding ortho intramolecular Hbond substituents is 2. The molecule has 0 saturated carbocycles. The van der Waals surface area contributed by atoms with Crippen LogP contribution in [-0.4, -0.2) is 43.8 Å². The van der Waals surface area contributed by atoms with Gasteiger partial charge in [0.25, 0.3) is 0 Å². The number of aryl methyl sites for hydroxylation is 6. The van der Waals surface area contributed by atoms with E-state index in [1.807, 2.05) is 0 Å². The van der Waals surface area contributed by atoms with Crippen molar-refractivity contribution in [3.63, 3.8) is 0 Å². The third kappa shape index (κ3) is 34.8. The molecule has 0 fully saturated rings. The standard InChI is InChI=1S/C51H86N2.2C16H24O4.Pd/c1-7-13-19-20-21-22-23-24-25-26-31-37-51(53-49-41-39-45(33-28-15-9-3)47(43-49)35-30-17-11-5)50(36-18-12-6)52-48-40-38-44(32-27-14-8-2)46(42-48)34-29-16-10-4;2*1-3-5-7-9-12-11(8-6-4-2)10-13(17)15(18)14(12)16(19)20;/h38-43H,7-37H2,1-6H3;2*10,17-18H,3-9H2,1-2H3,(H,19,20);/q;;;+2/p-2. The summed E-state index contributed by atoms with van der Waals surface area (Å²) in [5.41, 5.74) is 13.3. The molecule has 0 bridgehead atoms. The molecule has 532 valence electrons. The average Bonchev–Trinajstić information content (AvgIpc) is 0.830. The Labute approximate surface area is 587 Å². The molecule has 10 nitrogen and oxygen atoms in total. The summed E-state index contributed by atoms with van der Waals surface area (Å²) in [4.78, 5) is 33.8. The Balaban J connectivity index is 0.000000873. The van der Waals surface area contributed by atoms with Crippen molar-refractivity contribution in [3.05, 3.63) is 104 Å². The van der Waals surface area contributed by atoms with Gasteiger partial charge in [-0.05, 0) is 209 Å². The summed E-state index contributed by atoms with van der Waals surface area (Å²) < 4.78 is 0. The van der Waals surface area contributed by atoms with E-state index in [2.05, 4.69) is 106 Å². The van der Waals surface area contributed by atoms with Gasteiger partial charge < -0.3 is 30.6 Å². The number of aromatic carboxylic acids is 2. The van der Waals surface area contributed by atoms with E-state index in [4.69, 9.17) is 9.98 Å². The Bertz CT molecular complexity index is 2640. The Kier molecular flexibility index (Phi) is 51.0. The third-order valence-electron chi connectivity index (χ3n) is 18.2. The molecule has 0 heterocycles. The minimum absolute atomic E-state index is 0. The number of rotatable bonds is 50. The monoisotopic (exact) mass is 1390 g/mol. The predicted octanol–water partition coefficient (Wildman–Crippen LogP) is 23.8. The first kappa shape index (κ1) is 87.0. The minimum Gasteiger partial charge on any atom is -0.869 e. The van der Waals surface area contributed by atoms with Crippen LogP contribution in [0.1, 0.15) is 372 Å². The number of benzene rings is 4. The van der Waals surface area contributed by atoms with E-state index in [0.717, 1.165) is 106 Å². The van der Waals surface area contributed by atoms with Crippen molar-refractivity contribution < 1.29 is 60.7 Å². The maximum atomic E-state index is 11.9. The van der Waals surface area contributed by atoms with Crippen molar-refractivity contribution in [1.29, 1.82) is 0 Å². The van der Waals surface area contributed by atoms with Crippen molar-refractivity contribution in [2.75, 3.05) is 0 Å². The Morgan fingerprint density at radius 1 is 0.319 bits per heavy atom. The van der Waals surface area contributed by atoms with Crippen molar-refractivity contribution in [3.8, 4) is 23.0 Å². The average molecular weight is 1390 g/mol. The van der Waals surface area contributed by atoms with E-state index in [1.54, 1.807) is 11.1 Å². The van der Waals surface area contributed by atoms with E-state index in [-0.39, 0.29) is 31.5 Å². The van der Waals surface area contributed by atoms with Crippen LogP contribution >= 0.6 is 0 Å². The molecule has 0 unspecified atom stereocenters. The number of aromatic hydroxyl groups is 2. The quantitative estimate of drug-likeness (QED) is 0.0191. The van der Waals surface area contributed by atoms with Gasteiger partial charge in [-0.2, -0.15) is 0 Å². The van der Waals surface area contributed by atoms with Gasteiger partial charge in [0.1, 0.15) is 11.5 Å². The van der Waals surface area contributed by atoms with Crippen LogP contribution in [0.25, 0.3) is 0 Å². The molecule has 0 amide bonds. The number of unbranched alkanes of at least 4 members (excludes halogenated alkanes) is 25. The fraction of sp³-hybridized carbons (Fsp3) is 0.663. The summed E-state index contributed by atoms with van der Waals surface area (Å²) in [7, 11) is 0. The molecular formula is C83H132N2O8Pd. The molecule has 4 rings (SSSR count). The van der Waals surface area contributed by atoms with E-state index in [9.17, 15) is 40.2 Å². The van der Waals surface area contributed by atoms with Gasteiger partial charge in [-0.25, -0.2) is 9.59 Å². The number of hydrogen-bond donors (Lipinski definition) is 4. The largest absolute Gasteiger partial charge is 2.00 e. The molecule has 4 N–H and O–H groups in total. The Morgan fingerprint density at radius 2 is 0.585 bits per heavy atom. The molecule has 0 saturated heterocycles. The number of carboxylic acid groups (broad SMARTS) is 2. The van der Waals surface area contributed by atoms with Crippen LogP contribution in [0.2, 0.25) is 0 Å². The van der Waals surface area contributed by atoms with Crippen LogP contribution < -0.4 is 10.2 Å². The molecule has 0 aromatic heterocycles. The Morgan fingerprint density at radius 3 is 0.904 bits per heavy atom. The zero-order valence-corrected chi connectivity index (χ0v) is 62.6. The molecule has 0 aliphatic heterocycles. The first-order valence-electron chi connectivity index (χ1n) is 38.1. The molecule has 0 atom stereocenters. The topological polar surface area (TPSA) is 186 Å². The summed E-state index contributed by atoms with van der Waals surface area (Å²) in [6.07, 6.45) is 51.8. The maximum Gasteiger partial charge on any atom is 2.00 e. The van der Waals surface area contributed by atoms with Crippen molar-refractivity contribution >= 4 is 34.7 Å². The first-order valence-corrected chi connectivity index (χ1v) is 38.1. The second-order valence-electron chi connectivity index (χ2n) is 26.4. The number of aliphatic imine (C=N–C) groups is 2. The van der Waals surface area contributed by atoms with Gasteiger partial charge in [-0.1, -0.05) is 253 Å². The molecule has 0 spiro atoms. The third-order valence-corrected chi connectivity index (χ3v) is 18.2. The fourth-order valence-electron chi connectivity index (χ4n) is 12.5. The van der Waals surface area contributed by atoms with Crippen LogP contribution in [-0.2, 0) is 71.8 Å². The number of carboxylic acids is 2. The molecule has 4 aromatic carbocycles.